The minimum atomic E-state index is -3.95. The molecular formula is C28H25N5O3S. The molecule has 0 spiro atoms. The standard InChI is InChI=1S/C28H25N5O3S/c1-19-8-7-9-20(2)27(19)25-16-26(31-28(30-25)32-37(34,35)24-17-29-33(3)18-24)36-23-14-12-22(13-15-23)21-10-5-4-6-11-21/h4-18H,1-3H3,(H,30,31,32). The summed E-state index contributed by atoms with van der Waals surface area (Å²) in [5.74, 6) is 0.677. The van der Waals surface area contributed by atoms with Crippen molar-refractivity contribution < 1.29 is 13.2 Å². The number of aryl methyl sites for hydroxylation is 3. The van der Waals surface area contributed by atoms with Crippen LogP contribution < -0.4 is 9.46 Å². The van der Waals surface area contributed by atoms with E-state index in [1.165, 1.54) is 17.1 Å². The number of nitrogens with one attached hydrogen (secondary N) is 1. The van der Waals surface area contributed by atoms with Crippen LogP contribution in [-0.2, 0) is 17.1 Å². The fraction of sp³-hybridized carbons (Fsp3) is 0.107. The van der Waals surface area contributed by atoms with Crippen molar-refractivity contribution in [3.63, 3.8) is 0 Å². The lowest BCUT2D eigenvalue weighted by atomic mass is 10.00. The summed E-state index contributed by atoms with van der Waals surface area (Å²) < 4.78 is 35.9. The maximum absolute atomic E-state index is 13.0. The zero-order valence-corrected chi connectivity index (χ0v) is 21.4. The first-order valence-electron chi connectivity index (χ1n) is 11.6. The van der Waals surface area contributed by atoms with Crippen LogP contribution in [0.3, 0.4) is 0 Å². The average Bonchev–Trinajstić information content (AvgIpc) is 3.32. The number of sulfonamides is 1. The van der Waals surface area contributed by atoms with E-state index in [0.29, 0.717) is 11.4 Å². The summed E-state index contributed by atoms with van der Waals surface area (Å²) >= 11 is 0. The summed E-state index contributed by atoms with van der Waals surface area (Å²) in [4.78, 5) is 8.90. The van der Waals surface area contributed by atoms with Crippen molar-refractivity contribution in [3.8, 4) is 34.0 Å². The van der Waals surface area contributed by atoms with Crippen LogP contribution >= 0.6 is 0 Å². The van der Waals surface area contributed by atoms with Crippen LogP contribution in [0.2, 0.25) is 0 Å². The number of hydrogen-bond acceptors (Lipinski definition) is 6. The molecule has 9 heteroatoms. The van der Waals surface area contributed by atoms with Crippen LogP contribution in [-0.4, -0.2) is 28.2 Å². The summed E-state index contributed by atoms with van der Waals surface area (Å²) in [7, 11) is -2.31. The van der Waals surface area contributed by atoms with E-state index in [4.69, 9.17) is 4.74 Å². The van der Waals surface area contributed by atoms with Crippen LogP contribution in [0.25, 0.3) is 22.4 Å². The smallest absolute Gasteiger partial charge is 0.267 e. The van der Waals surface area contributed by atoms with Crippen molar-refractivity contribution in [1.82, 2.24) is 19.7 Å². The molecule has 37 heavy (non-hydrogen) atoms. The van der Waals surface area contributed by atoms with Crippen molar-refractivity contribution >= 4 is 16.0 Å². The van der Waals surface area contributed by atoms with Gasteiger partial charge in [-0.15, -0.1) is 0 Å². The first kappa shape index (κ1) is 24.2. The van der Waals surface area contributed by atoms with Gasteiger partial charge in [0.25, 0.3) is 10.0 Å². The second kappa shape index (κ2) is 9.87. The highest BCUT2D eigenvalue weighted by atomic mass is 32.2. The summed E-state index contributed by atoms with van der Waals surface area (Å²) in [5, 5.41) is 3.95. The fourth-order valence-corrected chi connectivity index (χ4v) is 4.98. The van der Waals surface area contributed by atoms with Crippen molar-refractivity contribution in [2.24, 2.45) is 7.05 Å². The molecule has 0 bridgehead atoms. The van der Waals surface area contributed by atoms with Gasteiger partial charge in [-0.1, -0.05) is 60.7 Å². The number of ether oxygens (including phenoxy) is 1. The fourth-order valence-electron chi connectivity index (χ4n) is 4.05. The van der Waals surface area contributed by atoms with Gasteiger partial charge in [0.15, 0.2) is 0 Å². The van der Waals surface area contributed by atoms with Crippen molar-refractivity contribution in [2.75, 3.05) is 4.72 Å². The molecule has 8 nitrogen and oxygen atoms in total. The average molecular weight is 512 g/mol. The van der Waals surface area contributed by atoms with Gasteiger partial charge in [-0.05, 0) is 48.2 Å². The Hall–Kier alpha value is -4.50. The molecular weight excluding hydrogens is 486 g/mol. The van der Waals surface area contributed by atoms with Gasteiger partial charge in [0, 0.05) is 24.9 Å². The summed E-state index contributed by atoms with van der Waals surface area (Å²) in [6.45, 7) is 3.96. The molecule has 1 N–H and O–H groups in total. The first-order valence-corrected chi connectivity index (χ1v) is 13.1. The Morgan fingerprint density at radius 3 is 2.16 bits per heavy atom. The Kier molecular flexibility index (Phi) is 6.45. The molecule has 0 atom stereocenters. The third-order valence-electron chi connectivity index (χ3n) is 5.84. The van der Waals surface area contributed by atoms with E-state index < -0.39 is 10.0 Å². The number of rotatable bonds is 7. The van der Waals surface area contributed by atoms with Crippen molar-refractivity contribution in [3.05, 3.63) is 102 Å². The number of nitrogens with zero attached hydrogens (tertiary/aromatic N) is 4. The second-order valence-corrected chi connectivity index (χ2v) is 10.3. The van der Waals surface area contributed by atoms with Crippen LogP contribution in [0, 0.1) is 13.8 Å². The predicted octanol–water partition coefficient (Wildman–Crippen LogP) is 5.75. The number of aromatic nitrogens is 4. The highest BCUT2D eigenvalue weighted by Gasteiger charge is 2.20. The lowest BCUT2D eigenvalue weighted by Crippen LogP contribution is -2.15. The van der Waals surface area contributed by atoms with Gasteiger partial charge >= 0.3 is 0 Å². The molecule has 186 valence electrons. The van der Waals surface area contributed by atoms with Crippen LogP contribution in [0.5, 0.6) is 11.6 Å². The quantitative estimate of drug-likeness (QED) is 0.299. The Bertz CT molecular complexity index is 1640. The highest BCUT2D eigenvalue weighted by Crippen LogP contribution is 2.31. The molecule has 5 aromatic rings. The first-order chi connectivity index (χ1) is 17.8. The molecule has 0 unspecified atom stereocenters. The van der Waals surface area contributed by atoms with Crippen molar-refractivity contribution in [1.29, 1.82) is 0 Å². The molecule has 0 radical (unpaired) electrons. The van der Waals surface area contributed by atoms with E-state index in [9.17, 15) is 8.42 Å². The van der Waals surface area contributed by atoms with E-state index in [0.717, 1.165) is 27.8 Å². The second-order valence-electron chi connectivity index (χ2n) is 8.63. The zero-order chi connectivity index (χ0) is 26.0. The largest absolute Gasteiger partial charge is 0.439 e. The van der Waals surface area contributed by atoms with Gasteiger partial charge in [0.1, 0.15) is 10.6 Å². The van der Waals surface area contributed by atoms with Crippen LogP contribution in [0.1, 0.15) is 11.1 Å². The van der Waals surface area contributed by atoms with Gasteiger partial charge < -0.3 is 4.74 Å². The molecule has 0 aliphatic heterocycles. The van der Waals surface area contributed by atoms with Gasteiger partial charge in [0.05, 0.1) is 11.9 Å². The molecule has 0 amide bonds. The van der Waals surface area contributed by atoms with E-state index in [2.05, 4.69) is 19.8 Å². The Labute approximate surface area is 215 Å². The van der Waals surface area contributed by atoms with E-state index in [1.54, 1.807) is 13.1 Å². The lowest BCUT2D eigenvalue weighted by molar-refractivity contribution is 0.463. The zero-order valence-electron chi connectivity index (χ0n) is 20.6. The minimum Gasteiger partial charge on any atom is -0.439 e. The molecule has 2 aromatic heterocycles. The van der Waals surface area contributed by atoms with E-state index >= 15 is 0 Å². The van der Waals surface area contributed by atoms with E-state index in [-0.39, 0.29) is 16.7 Å². The van der Waals surface area contributed by atoms with E-state index in [1.807, 2.05) is 86.6 Å². The molecule has 0 fully saturated rings. The Balaban J connectivity index is 1.52. The normalized spacial score (nSPS) is 11.3. The number of benzene rings is 3. The molecule has 2 heterocycles. The molecule has 3 aromatic carbocycles. The monoisotopic (exact) mass is 511 g/mol. The van der Waals surface area contributed by atoms with Crippen molar-refractivity contribution in [2.45, 2.75) is 18.7 Å². The maximum Gasteiger partial charge on any atom is 0.267 e. The Morgan fingerprint density at radius 1 is 0.838 bits per heavy atom. The topological polar surface area (TPSA) is 99.0 Å². The summed E-state index contributed by atoms with van der Waals surface area (Å²) in [6, 6.07) is 25.3. The molecule has 0 aliphatic rings. The van der Waals surface area contributed by atoms with Gasteiger partial charge in [-0.2, -0.15) is 10.1 Å². The number of anilines is 1. The molecule has 0 aliphatic carbocycles. The Morgan fingerprint density at radius 2 is 1.51 bits per heavy atom. The summed E-state index contributed by atoms with van der Waals surface area (Å²) in [5.41, 5.74) is 5.58. The van der Waals surface area contributed by atoms with Gasteiger partial charge in [0.2, 0.25) is 11.8 Å². The van der Waals surface area contributed by atoms with Gasteiger partial charge in [-0.3, -0.25) is 4.68 Å². The lowest BCUT2D eigenvalue weighted by Gasteiger charge is -2.14. The predicted molar refractivity (Wildman–Crippen MR) is 143 cm³/mol. The van der Waals surface area contributed by atoms with Crippen LogP contribution in [0.15, 0.2) is 96.2 Å². The molecule has 0 saturated heterocycles. The van der Waals surface area contributed by atoms with Gasteiger partial charge in [-0.25, -0.2) is 18.1 Å². The minimum absolute atomic E-state index is 0.00930. The SMILES string of the molecule is Cc1cccc(C)c1-c1cc(Oc2ccc(-c3ccccc3)cc2)nc(NS(=O)(=O)c2cnn(C)c2)n1. The summed E-state index contributed by atoms with van der Waals surface area (Å²) in [6.07, 6.45) is 2.67. The highest BCUT2D eigenvalue weighted by molar-refractivity contribution is 7.92. The molecule has 5 rings (SSSR count). The third-order valence-corrected chi connectivity index (χ3v) is 7.12. The number of hydrogen-bond donors (Lipinski definition) is 1. The third kappa shape index (κ3) is 5.36. The van der Waals surface area contributed by atoms with Crippen LogP contribution in [0.4, 0.5) is 5.95 Å². The maximum atomic E-state index is 13.0. The molecule has 0 saturated carbocycles.